The molecule has 0 aliphatic heterocycles. The Morgan fingerprint density at radius 1 is 0.708 bits per heavy atom. The number of benzene rings is 2. The second-order valence-corrected chi connectivity index (χ2v) is 7.19. The summed E-state index contributed by atoms with van der Waals surface area (Å²) in [4.78, 5) is 0. The summed E-state index contributed by atoms with van der Waals surface area (Å²) in [6.07, 6.45) is 10.8. The van der Waals surface area contributed by atoms with E-state index in [1.807, 2.05) is 0 Å². The summed E-state index contributed by atoms with van der Waals surface area (Å²) in [5, 5.41) is 0. The maximum absolute atomic E-state index is 2.43. The predicted octanol–water partition coefficient (Wildman–Crippen LogP) is 7.40. The van der Waals surface area contributed by atoms with Crippen molar-refractivity contribution in [1.29, 1.82) is 0 Å². The van der Waals surface area contributed by atoms with Gasteiger partial charge in [0.15, 0.2) is 0 Å². The van der Waals surface area contributed by atoms with Gasteiger partial charge in [0.05, 0.1) is 0 Å². The third-order valence-corrected chi connectivity index (χ3v) is 5.36. The van der Waals surface area contributed by atoms with Gasteiger partial charge >= 0.3 is 0 Å². The Bertz CT molecular complexity index is 528. The summed E-state index contributed by atoms with van der Waals surface area (Å²) >= 11 is 0. The molecule has 0 N–H and O–H groups in total. The van der Waals surface area contributed by atoms with E-state index in [1.54, 1.807) is 0 Å². The smallest absolute Gasteiger partial charge is 0.0162 e. The van der Waals surface area contributed by atoms with Crippen molar-refractivity contribution in [2.75, 3.05) is 0 Å². The van der Waals surface area contributed by atoms with E-state index in [-0.39, 0.29) is 0 Å². The lowest BCUT2D eigenvalue weighted by Gasteiger charge is -2.25. The minimum absolute atomic E-state index is 0.654. The molecule has 0 fully saturated rings. The minimum Gasteiger partial charge on any atom is -0.0654 e. The molecule has 130 valence electrons. The van der Waals surface area contributed by atoms with Crippen LogP contribution < -0.4 is 0 Å². The Hall–Kier alpha value is -1.56. The van der Waals surface area contributed by atoms with Crippen molar-refractivity contribution in [3.63, 3.8) is 0 Å². The van der Waals surface area contributed by atoms with E-state index in [4.69, 9.17) is 0 Å². The number of unbranched alkanes of at least 4 members (excludes halogenated alkanes) is 4. The lowest BCUT2D eigenvalue weighted by Crippen LogP contribution is -2.12. The lowest BCUT2D eigenvalue weighted by molar-refractivity contribution is 0.370. The molecule has 0 spiro atoms. The summed E-state index contributed by atoms with van der Waals surface area (Å²) in [6, 6.07) is 22.1. The molecule has 0 heterocycles. The van der Waals surface area contributed by atoms with Crippen molar-refractivity contribution in [2.45, 2.75) is 71.1 Å². The van der Waals surface area contributed by atoms with Crippen molar-refractivity contribution < 1.29 is 0 Å². The third kappa shape index (κ3) is 6.51. The van der Waals surface area contributed by atoms with Gasteiger partial charge in [-0.2, -0.15) is 0 Å². The van der Waals surface area contributed by atoms with E-state index in [2.05, 4.69) is 74.5 Å². The van der Waals surface area contributed by atoms with Crippen LogP contribution in [0, 0.1) is 5.92 Å². The first kappa shape index (κ1) is 18.8. The van der Waals surface area contributed by atoms with E-state index in [0.29, 0.717) is 5.92 Å². The SMILES string of the molecule is CCCCCCCC(CCc1ccccc1)C(C)c1ccccc1. The van der Waals surface area contributed by atoms with Gasteiger partial charge in [0, 0.05) is 0 Å². The van der Waals surface area contributed by atoms with Crippen molar-refractivity contribution >= 4 is 0 Å². The second-order valence-electron chi connectivity index (χ2n) is 7.19. The normalized spacial score (nSPS) is 13.6. The highest BCUT2D eigenvalue weighted by atomic mass is 14.2. The molecule has 0 heteroatoms. The highest BCUT2D eigenvalue weighted by molar-refractivity contribution is 5.20. The average Bonchev–Trinajstić information content (AvgIpc) is 2.65. The highest BCUT2D eigenvalue weighted by Gasteiger charge is 2.18. The molecule has 2 unspecified atom stereocenters. The molecule has 0 nitrogen and oxygen atoms in total. The molecule has 2 aromatic rings. The predicted molar refractivity (Wildman–Crippen MR) is 106 cm³/mol. The van der Waals surface area contributed by atoms with E-state index in [9.17, 15) is 0 Å². The first-order chi connectivity index (χ1) is 11.8. The largest absolute Gasteiger partial charge is 0.0654 e. The number of aryl methyl sites for hydroxylation is 1. The van der Waals surface area contributed by atoms with E-state index >= 15 is 0 Å². The fraction of sp³-hybridized carbons (Fsp3) is 0.500. The van der Waals surface area contributed by atoms with E-state index in [1.165, 1.54) is 62.5 Å². The van der Waals surface area contributed by atoms with Crippen LogP contribution in [-0.4, -0.2) is 0 Å². The molecule has 2 atom stereocenters. The lowest BCUT2D eigenvalue weighted by atomic mass is 9.80. The summed E-state index contributed by atoms with van der Waals surface area (Å²) in [7, 11) is 0. The molecule has 0 amide bonds. The van der Waals surface area contributed by atoms with Crippen LogP contribution in [0.4, 0.5) is 0 Å². The zero-order valence-electron chi connectivity index (χ0n) is 15.6. The van der Waals surface area contributed by atoms with Crippen molar-refractivity contribution in [2.24, 2.45) is 5.92 Å². The average molecular weight is 323 g/mol. The van der Waals surface area contributed by atoms with Crippen molar-refractivity contribution in [3.05, 3.63) is 71.8 Å². The monoisotopic (exact) mass is 322 g/mol. The molecule has 24 heavy (non-hydrogen) atoms. The first-order valence-electron chi connectivity index (χ1n) is 9.90. The Morgan fingerprint density at radius 3 is 2.00 bits per heavy atom. The van der Waals surface area contributed by atoms with Crippen LogP contribution in [0.25, 0.3) is 0 Å². The quantitative estimate of drug-likeness (QED) is 0.378. The summed E-state index contributed by atoms with van der Waals surface area (Å²) in [6.45, 7) is 4.72. The summed E-state index contributed by atoms with van der Waals surface area (Å²) < 4.78 is 0. The number of hydrogen-bond acceptors (Lipinski definition) is 0. The van der Waals surface area contributed by atoms with Gasteiger partial charge in [0.25, 0.3) is 0 Å². The van der Waals surface area contributed by atoms with Crippen LogP contribution >= 0.6 is 0 Å². The highest BCUT2D eigenvalue weighted by Crippen LogP contribution is 2.32. The number of hydrogen-bond donors (Lipinski definition) is 0. The van der Waals surface area contributed by atoms with Gasteiger partial charge in [-0.05, 0) is 42.2 Å². The second kappa shape index (κ2) is 11.1. The molecule has 0 saturated heterocycles. The first-order valence-corrected chi connectivity index (χ1v) is 9.90. The molecule has 0 radical (unpaired) electrons. The molecular formula is C24H34. The molecule has 0 saturated carbocycles. The number of rotatable bonds is 11. The molecule has 0 bridgehead atoms. The van der Waals surface area contributed by atoms with Crippen molar-refractivity contribution in [3.8, 4) is 0 Å². The van der Waals surface area contributed by atoms with Crippen LogP contribution in [0.2, 0.25) is 0 Å². The van der Waals surface area contributed by atoms with Crippen LogP contribution in [0.1, 0.15) is 75.8 Å². The van der Waals surface area contributed by atoms with Crippen LogP contribution in [-0.2, 0) is 6.42 Å². The Labute approximate surface area is 149 Å². The molecule has 0 aromatic heterocycles. The van der Waals surface area contributed by atoms with E-state index in [0.717, 1.165) is 5.92 Å². The zero-order valence-corrected chi connectivity index (χ0v) is 15.6. The molecular weight excluding hydrogens is 288 g/mol. The van der Waals surface area contributed by atoms with Gasteiger partial charge in [-0.3, -0.25) is 0 Å². The molecule has 0 aliphatic carbocycles. The maximum atomic E-state index is 2.43. The van der Waals surface area contributed by atoms with Gasteiger partial charge in [-0.1, -0.05) is 107 Å². The molecule has 0 aliphatic rings. The van der Waals surface area contributed by atoms with Crippen LogP contribution in [0.15, 0.2) is 60.7 Å². The summed E-state index contributed by atoms with van der Waals surface area (Å²) in [5.41, 5.74) is 2.98. The van der Waals surface area contributed by atoms with Gasteiger partial charge < -0.3 is 0 Å². The van der Waals surface area contributed by atoms with Gasteiger partial charge in [0.2, 0.25) is 0 Å². The summed E-state index contributed by atoms with van der Waals surface area (Å²) in [5.74, 6) is 1.44. The van der Waals surface area contributed by atoms with Crippen LogP contribution in [0.5, 0.6) is 0 Å². The fourth-order valence-electron chi connectivity index (χ4n) is 3.68. The van der Waals surface area contributed by atoms with Gasteiger partial charge in [-0.25, -0.2) is 0 Å². The Balaban J connectivity index is 1.92. The standard InChI is InChI=1S/C24H34/c1-3-4-5-6-11-18-24(20-19-22-14-9-7-10-15-22)21(2)23-16-12-8-13-17-23/h7-10,12-17,21,24H,3-6,11,18-20H2,1-2H3. The van der Waals surface area contributed by atoms with E-state index < -0.39 is 0 Å². The zero-order chi connectivity index (χ0) is 17.0. The maximum Gasteiger partial charge on any atom is -0.0162 e. The fourth-order valence-corrected chi connectivity index (χ4v) is 3.68. The topological polar surface area (TPSA) is 0 Å². The molecule has 2 rings (SSSR count). The van der Waals surface area contributed by atoms with Gasteiger partial charge in [-0.15, -0.1) is 0 Å². The third-order valence-electron chi connectivity index (χ3n) is 5.36. The van der Waals surface area contributed by atoms with Crippen LogP contribution in [0.3, 0.4) is 0 Å². The Kier molecular flexibility index (Phi) is 8.66. The molecule has 2 aromatic carbocycles. The minimum atomic E-state index is 0.654. The van der Waals surface area contributed by atoms with Crippen molar-refractivity contribution in [1.82, 2.24) is 0 Å². The Morgan fingerprint density at radius 2 is 1.33 bits per heavy atom. The van der Waals surface area contributed by atoms with Gasteiger partial charge in [0.1, 0.15) is 0 Å².